The van der Waals surface area contributed by atoms with Crippen molar-refractivity contribution in [3.05, 3.63) is 0 Å². The van der Waals surface area contributed by atoms with E-state index in [1.807, 2.05) is 0 Å². The van der Waals surface area contributed by atoms with Crippen LogP contribution in [0.15, 0.2) is 0 Å². The van der Waals surface area contributed by atoms with Crippen LogP contribution in [-0.4, -0.2) is 23.4 Å². The van der Waals surface area contributed by atoms with Crippen LogP contribution < -0.4 is 0 Å². The number of hydrogen-bond acceptors (Lipinski definition) is 2. The van der Waals surface area contributed by atoms with Crippen molar-refractivity contribution in [2.45, 2.75) is 118 Å². The summed E-state index contributed by atoms with van der Waals surface area (Å²) in [6.07, 6.45) is 18.1. The summed E-state index contributed by atoms with van der Waals surface area (Å²) in [6.45, 7) is 9.74. The second-order valence-corrected chi connectivity index (χ2v) is 9.31. The Morgan fingerprint density at radius 2 is 0.667 bits per heavy atom. The molecule has 0 aliphatic rings. The summed E-state index contributed by atoms with van der Waals surface area (Å²) in [5.41, 5.74) is 0.640. The van der Waals surface area contributed by atoms with Crippen LogP contribution in [0.1, 0.15) is 118 Å². The molecule has 0 amide bonds. The molecule has 0 spiro atoms. The third-order valence-electron chi connectivity index (χ3n) is 5.53. The number of aliphatic hydroxyl groups is 2. The average molecular weight is 343 g/mol. The van der Waals surface area contributed by atoms with Crippen molar-refractivity contribution in [3.63, 3.8) is 0 Å². The van der Waals surface area contributed by atoms with Crippen LogP contribution in [0.5, 0.6) is 0 Å². The van der Waals surface area contributed by atoms with Crippen molar-refractivity contribution in [1.82, 2.24) is 0 Å². The highest BCUT2D eigenvalue weighted by Gasteiger charge is 2.16. The molecular weight excluding hydrogens is 296 g/mol. The van der Waals surface area contributed by atoms with Gasteiger partial charge in [-0.3, -0.25) is 0 Å². The summed E-state index contributed by atoms with van der Waals surface area (Å²) >= 11 is 0. The van der Waals surface area contributed by atoms with Crippen LogP contribution in [-0.2, 0) is 0 Å². The highest BCUT2D eigenvalue weighted by Crippen LogP contribution is 2.28. The number of unbranched alkanes of at least 4 members (excludes halogenated alkanes) is 9. The van der Waals surface area contributed by atoms with E-state index in [1.54, 1.807) is 0 Å². The normalized spacial score (nSPS) is 12.8. The van der Waals surface area contributed by atoms with Gasteiger partial charge in [-0.05, 0) is 36.5 Å². The van der Waals surface area contributed by atoms with Gasteiger partial charge in [0.25, 0.3) is 0 Å². The third-order valence-corrected chi connectivity index (χ3v) is 5.53. The van der Waals surface area contributed by atoms with Crippen LogP contribution in [0.3, 0.4) is 0 Å². The van der Waals surface area contributed by atoms with Gasteiger partial charge in [-0.1, -0.05) is 91.9 Å². The molecule has 0 atom stereocenters. The van der Waals surface area contributed by atoms with Crippen LogP contribution in [0.4, 0.5) is 0 Å². The summed E-state index contributed by atoms with van der Waals surface area (Å²) in [5.74, 6) is 0. The Kier molecular flexibility index (Phi) is 14.1. The second-order valence-electron chi connectivity index (χ2n) is 9.31. The third kappa shape index (κ3) is 15.4. The van der Waals surface area contributed by atoms with E-state index in [4.69, 9.17) is 10.2 Å². The predicted molar refractivity (Wildman–Crippen MR) is 106 cm³/mol. The van der Waals surface area contributed by atoms with Gasteiger partial charge in [0.15, 0.2) is 0 Å². The molecule has 2 nitrogen and oxygen atoms in total. The van der Waals surface area contributed by atoms with Gasteiger partial charge in [0.2, 0.25) is 0 Å². The zero-order valence-corrected chi connectivity index (χ0v) is 17.2. The average Bonchev–Trinajstić information content (AvgIpc) is 2.48. The van der Waals surface area contributed by atoms with Crippen molar-refractivity contribution >= 4 is 0 Å². The second kappa shape index (κ2) is 14.1. The molecule has 0 aromatic rings. The van der Waals surface area contributed by atoms with Gasteiger partial charge in [0.1, 0.15) is 0 Å². The van der Waals surface area contributed by atoms with Gasteiger partial charge in [0, 0.05) is 13.2 Å². The first-order valence-corrected chi connectivity index (χ1v) is 10.5. The van der Waals surface area contributed by atoms with E-state index in [0.29, 0.717) is 24.0 Å². The molecule has 0 aliphatic carbocycles. The first kappa shape index (κ1) is 23.9. The molecule has 0 saturated heterocycles. The Morgan fingerprint density at radius 1 is 0.417 bits per heavy atom. The van der Waals surface area contributed by atoms with Gasteiger partial charge in [0.05, 0.1) is 0 Å². The Labute approximate surface area is 152 Å². The highest BCUT2D eigenvalue weighted by molar-refractivity contribution is 4.68. The SMILES string of the molecule is CC(C)(CCO)CCCCCCCCCCCCC(C)(C)CCO. The molecule has 0 rings (SSSR count). The lowest BCUT2D eigenvalue weighted by Crippen LogP contribution is -2.13. The maximum absolute atomic E-state index is 9.03. The summed E-state index contributed by atoms with van der Waals surface area (Å²) in [4.78, 5) is 0. The van der Waals surface area contributed by atoms with E-state index in [1.165, 1.54) is 77.0 Å². The molecule has 0 heterocycles. The lowest BCUT2D eigenvalue weighted by atomic mass is 9.84. The quantitative estimate of drug-likeness (QED) is 0.297. The fourth-order valence-corrected chi connectivity index (χ4v) is 3.48. The minimum Gasteiger partial charge on any atom is -0.396 e. The monoisotopic (exact) mass is 342 g/mol. The fraction of sp³-hybridized carbons (Fsp3) is 1.00. The minimum atomic E-state index is 0.320. The van der Waals surface area contributed by atoms with Crippen molar-refractivity contribution in [3.8, 4) is 0 Å². The van der Waals surface area contributed by atoms with Crippen molar-refractivity contribution < 1.29 is 10.2 Å². The molecule has 0 aromatic heterocycles. The summed E-state index contributed by atoms with van der Waals surface area (Å²) in [5, 5.41) is 18.1. The largest absolute Gasteiger partial charge is 0.396 e. The molecular formula is C22H46O2. The first-order chi connectivity index (χ1) is 11.3. The van der Waals surface area contributed by atoms with E-state index in [0.717, 1.165) is 12.8 Å². The molecule has 0 radical (unpaired) electrons. The summed E-state index contributed by atoms with van der Waals surface area (Å²) < 4.78 is 0. The van der Waals surface area contributed by atoms with E-state index in [2.05, 4.69) is 27.7 Å². The van der Waals surface area contributed by atoms with Gasteiger partial charge in [-0.25, -0.2) is 0 Å². The fourth-order valence-electron chi connectivity index (χ4n) is 3.48. The molecule has 0 aliphatic heterocycles. The highest BCUT2D eigenvalue weighted by atomic mass is 16.3. The summed E-state index contributed by atoms with van der Waals surface area (Å²) in [6, 6.07) is 0. The standard InChI is InChI=1S/C22H46O2/c1-21(2,17-19-23)15-13-11-9-7-5-6-8-10-12-14-16-22(3,4)18-20-24/h23-24H,5-20H2,1-4H3. The molecule has 0 fully saturated rings. The molecule has 0 saturated carbocycles. The Bertz CT molecular complexity index is 243. The number of rotatable bonds is 17. The molecule has 146 valence electrons. The maximum atomic E-state index is 9.03. The molecule has 0 aromatic carbocycles. The van der Waals surface area contributed by atoms with Gasteiger partial charge in [-0.15, -0.1) is 0 Å². The molecule has 0 bridgehead atoms. The lowest BCUT2D eigenvalue weighted by Gasteiger charge is -2.23. The van der Waals surface area contributed by atoms with E-state index >= 15 is 0 Å². The molecule has 2 N–H and O–H groups in total. The van der Waals surface area contributed by atoms with Crippen molar-refractivity contribution in [2.24, 2.45) is 10.8 Å². The lowest BCUT2D eigenvalue weighted by molar-refractivity contribution is 0.197. The molecule has 2 heteroatoms. The van der Waals surface area contributed by atoms with Crippen LogP contribution in [0.2, 0.25) is 0 Å². The van der Waals surface area contributed by atoms with Crippen molar-refractivity contribution in [2.75, 3.05) is 13.2 Å². The topological polar surface area (TPSA) is 40.5 Å². The van der Waals surface area contributed by atoms with Gasteiger partial charge >= 0.3 is 0 Å². The number of hydrogen-bond donors (Lipinski definition) is 2. The van der Waals surface area contributed by atoms with Crippen LogP contribution in [0, 0.1) is 10.8 Å². The predicted octanol–water partition coefficient (Wildman–Crippen LogP) is 6.48. The van der Waals surface area contributed by atoms with E-state index in [9.17, 15) is 0 Å². The first-order valence-electron chi connectivity index (χ1n) is 10.5. The molecule has 0 unspecified atom stereocenters. The van der Waals surface area contributed by atoms with Gasteiger partial charge in [-0.2, -0.15) is 0 Å². The Morgan fingerprint density at radius 3 is 0.917 bits per heavy atom. The van der Waals surface area contributed by atoms with Crippen LogP contribution in [0.25, 0.3) is 0 Å². The smallest absolute Gasteiger partial charge is 0.0436 e. The van der Waals surface area contributed by atoms with Crippen molar-refractivity contribution in [1.29, 1.82) is 0 Å². The Balaban J connectivity index is 3.29. The minimum absolute atomic E-state index is 0.320. The van der Waals surface area contributed by atoms with Crippen LogP contribution >= 0.6 is 0 Å². The molecule has 24 heavy (non-hydrogen) atoms. The maximum Gasteiger partial charge on any atom is 0.0436 e. The zero-order valence-electron chi connectivity index (χ0n) is 17.2. The number of aliphatic hydroxyl groups excluding tert-OH is 2. The van der Waals surface area contributed by atoms with Gasteiger partial charge < -0.3 is 10.2 Å². The summed E-state index contributed by atoms with van der Waals surface area (Å²) in [7, 11) is 0. The zero-order chi connectivity index (χ0) is 18.3. The van der Waals surface area contributed by atoms with E-state index < -0.39 is 0 Å². The van der Waals surface area contributed by atoms with E-state index in [-0.39, 0.29) is 0 Å². The Hall–Kier alpha value is -0.0800.